The molecule has 0 aliphatic rings. The van der Waals surface area contributed by atoms with Crippen molar-refractivity contribution in [2.75, 3.05) is 13.7 Å². The van der Waals surface area contributed by atoms with E-state index in [1.54, 1.807) is 18.4 Å². The van der Waals surface area contributed by atoms with E-state index in [0.717, 1.165) is 34.9 Å². The number of thiazole rings is 1. The molecular weight excluding hydrogens is 232 g/mol. The number of methoxy groups -OCH3 is 1. The third kappa shape index (κ3) is 2.84. The molecule has 1 aromatic heterocycles. The highest BCUT2D eigenvalue weighted by atomic mass is 32.1. The first-order chi connectivity index (χ1) is 8.35. The number of benzene rings is 1. The van der Waals surface area contributed by atoms with Gasteiger partial charge in [-0.1, -0.05) is 12.1 Å². The Morgan fingerprint density at radius 2 is 2.18 bits per heavy atom. The molecule has 0 fully saturated rings. The van der Waals surface area contributed by atoms with Gasteiger partial charge in [0.2, 0.25) is 0 Å². The van der Waals surface area contributed by atoms with Gasteiger partial charge in [0.1, 0.15) is 10.8 Å². The van der Waals surface area contributed by atoms with Gasteiger partial charge in [0.05, 0.1) is 18.4 Å². The number of rotatable bonds is 5. The summed E-state index contributed by atoms with van der Waals surface area (Å²) in [6.45, 7) is 0.710. The molecule has 0 saturated carbocycles. The van der Waals surface area contributed by atoms with Crippen LogP contribution in [0, 0.1) is 0 Å². The predicted molar refractivity (Wildman–Crippen MR) is 71.5 cm³/mol. The lowest BCUT2D eigenvalue weighted by Gasteiger charge is -2.04. The van der Waals surface area contributed by atoms with Crippen molar-refractivity contribution >= 4 is 11.3 Å². The molecule has 0 radical (unpaired) electrons. The van der Waals surface area contributed by atoms with Gasteiger partial charge in [0.15, 0.2) is 0 Å². The molecule has 0 atom stereocenters. The summed E-state index contributed by atoms with van der Waals surface area (Å²) < 4.78 is 5.34. The summed E-state index contributed by atoms with van der Waals surface area (Å²) in [6, 6.07) is 7.95. The standard InChI is InChI=1S/C13H16N2OS/c1-16-12-7-3-2-6-11(12)13-15-10(9-17-13)5-4-8-14/h2-3,6-7,9H,4-5,8,14H2,1H3. The molecule has 3 nitrogen and oxygen atoms in total. The van der Waals surface area contributed by atoms with Crippen LogP contribution in [0.5, 0.6) is 5.75 Å². The van der Waals surface area contributed by atoms with Crippen LogP contribution in [0.4, 0.5) is 0 Å². The molecule has 0 aliphatic heterocycles. The Morgan fingerprint density at radius 3 is 2.94 bits per heavy atom. The Balaban J connectivity index is 2.24. The maximum atomic E-state index is 5.50. The van der Waals surface area contributed by atoms with Crippen LogP contribution < -0.4 is 10.5 Å². The highest BCUT2D eigenvalue weighted by Gasteiger charge is 2.09. The lowest BCUT2D eigenvalue weighted by Crippen LogP contribution is -2.00. The molecule has 2 rings (SSSR count). The van der Waals surface area contributed by atoms with Crippen molar-refractivity contribution in [2.24, 2.45) is 5.73 Å². The van der Waals surface area contributed by atoms with E-state index in [1.165, 1.54) is 0 Å². The number of nitrogens with zero attached hydrogens (tertiary/aromatic N) is 1. The number of aromatic nitrogens is 1. The third-order valence-electron chi connectivity index (χ3n) is 2.53. The number of nitrogens with two attached hydrogens (primary N) is 1. The monoisotopic (exact) mass is 248 g/mol. The maximum absolute atomic E-state index is 5.50. The fourth-order valence-electron chi connectivity index (χ4n) is 1.65. The van der Waals surface area contributed by atoms with Gasteiger partial charge in [-0.15, -0.1) is 11.3 Å². The minimum Gasteiger partial charge on any atom is -0.496 e. The summed E-state index contributed by atoms with van der Waals surface area (Å²) in [6.07, 6.45) is 1.93. The topological polar surface area (TPSA) is 48.1 Å². The van der Waals surface area contributed by atoms with Gasteiger partial charge >= 0.3 is 0 Å². The van der Waals surface area contributed by atoms with Crippen LogP contribution in [0.1, 0.15) is 12.1 Å². The van der Waals surface area contributed by atoms with E-state index in [0.29, 0.717) is 6.54 Å². The molecule has 0 aliphatic carbocycles. The molecule has 4 heteroatoms. The van der Waals surface area contributed by atoms with Gasteiger partial charge in [-0.25, -0.2) is 4.98 Å². The summed E-state index contributed by atoms with van der Waals surface area (Å²) in [4.78, 5) is 4.61. The molecular formula is C13H16N2OS. The number of ether oxygens (including phenoxy) is 1. The molecule has 2 aromatic rings. The molecule has 0 unspecified atom stereocenters. The predicted octanol–water partition coefficient (Wildman–Crippen LogP) is 2.71. The second-order valence-electron chi connectivity index (χ2n) is 3.74. The quantitative estimate of drug-likeness (QED) is 0.885. The van der Waals surface area contributed by atoms with Crippen LogP contribution in [-0.4, -0.2) is 18.6 Å². The summed E-state index contributed by atoms with van der Waals surface area (Å²) >= 11 is 1.65. The Labute approximate surface area is 105 Å². The SMILES string of the molecule is COc1ccccc1-c1nc(CCCN)cs1. The normalized spacial score (nSPS) is 10.5. The third-order valence-corrected chi connectivity index (χ3v) is 3.45. The van der Waals surface area contributed by atoms with E-state index in [9.17, 15) is 0 Å². The Hall–Kier alpha value is -1.39. The summed E-state index contributed by atoms with van der Waals surface area (Å²) in [7, 11) is 1.68. The van der Waals surface area contributed by atoms with Gasteiger partial charge in [-0.05, 0) is 31.5 Å². The number of aryl methyl sites for hydroxylation is 1. The van der Waals surface area contributed by atoms with E-state index in [4.69, 9.17) is 10.5 Å². The van der Waals surface area contributed by atoms with Gasteiger partial charge in [-0.2, -0.15) is 0 Å². The first-order valence-corrected chi connectivity index (χ1v) is 6.51. The molecule has 0 saturated heterocycles. The van der Waals surface area contributed by atoms with Crippen molar-refractivity contribution in [3.05, 3.63) is 35.3 Å². The van der Waals surface area contributed by atoms with Gasteiger partial charge in [0, 0.05) is 5.38 Å². The van der Waals surface area contributed by atoms with E-state index in [1.807, 2.05) is 24.3 Å². The van der Waals surface area contributed by atoms with E-state index in [-0.39, 0.29) is 0 Å². The average molecular weight is 248 g/mol. The first kappa shape index (κ1) is 12.1. The Bertz CT molecular complexity index is 482. The van der Waals surface area contributed by atoms with Crippen LogP contribution in [0.15, 0.2) is 29.6 Å². The summed E-state index contributed by atoms with van der Waals surface area (Å²) in [5.41, 5.74) is 7.66. The van der Waals surface area contributed by atoms with Crippen LogP contribution in [-0.2, 0) is 6.42 Å². The van der Waals surface area contributed by atoms with E-state index >= 15 is 0 Å². The number of hydrogen-bond donors (Lipinski definition) is 1. The molecule has 0 amide bonds. The maximum Gasteiger partial charge on any atom is 0.129 e. The van der Waals surface area contributed by atoms with E-state index < -0.39 is 0 Å². The highest BCUT2D eigenvalue weighted by Crippen LogP contribution is 2.31. The van der Waals surface area contributed by atoms with Crippen molar-refractivity contribution in [3.63, 3.8) is 0 Å². The molecule has 2 N–H and O–H groups in total. The zero-order chi connectivity index (χ0) is 12.1. The zero-order valence-corrected chi connectivity index (χ0v) is 10.7. The van der Waals surface area contributed by atoms with Gasteiger partial charge in [-0.3, -0.25) is 0 Å². The van der Waals surface area contributed by atoms with Crippen LogP contribution in [0.2, 0.25) is 0 Å². The fourth-order valence-corrected chi connectivity index (χ4v) is 2.53. The van der Waals surface area contributed by atoms with Crippen LogP contribution >= 0.6 is 11.3 Å². The lowest BCUT2D eigenvalue weighted by atomic mass is 10.2. The second kappa shape index (κ2) is 5.80. The van der Waals surface area contributed by atoms with Gasteiger partial charge < -0.3 is 10.5 Å². The number of hydrogen-bond acceptors (Lipinski definition) is 4. The first-order valence-electron chi connectivity index (χ1n) is 5.63. The Kier molecular flexibility index (Phi) is 4.12. The van der Waals surface area contributed by atoms with E-state index in [2.05, 4.69) is 10.4 Å². The molecule has 0 bridgehead atoms. The summed E-state index contributed by atoms with van der Waals surface area (Å²) in [5.74, 6) is 0.868. The molecule has 1 heterocycles. The largest absolute Gasteiger partial charge is 0.496 e. The highest BCUT2D eigenvalue weighted by molar-refractivity contribution is 7.13. The Morgan fingerprint density at radius 1 is 1.35 bits per heavy atom. The van der Waals surface area contributed by atoms with Crippen molar-refractivity contribution in [3.8, 4) is 16.3 Å². The molecule has 1 aromatic carbocycles. The lowest BCUT2D eigenvalue weighted by molar-refractivity contribution is 0.416. The van der Waals surface area contributed by atoms with Crippen molar-refractivity contribution < 1.29 is 4.74 Å². The van der Waals surface area contributed by atoms with Crippen molar-refractivity contribution in [1.29, 1.82) is 0 Å². The molecule has 0 spiro atoms. The summed E-state index contributed by atoms with van der Waals surface area (Å²) in [5, 5.41) is 3.10. The molecule has 90 valence electrons. The molecule has 17 heavy (non-hydrogen) atoms. The van der Waals surface area contributed by atoms with Gasteiger partial charge in [0.25, 0.3) is 0 Å². The average Bonchev–Trinajstić information content (AvgIpc) is 2.85. The smallest absolute Gasteiger partial charge is 0.129 e. The second-order valence-corrected chi connectivity index (χ2v) is 4.59. The minimum absolute atomic E-state index is 0.710. The fraction of sp³-hybridized carbons (Fsp3) is 0.308. The van der Waals surface area contributed by atoms with Crippen LogP contribution in [0.3, 0.4) is 0 Å². The van der Waals surface area contributed by atoms with Crippen LogP contribution in [0.25, 0.3) is 10.6 Å². The van der Waals surface area contributed by atoms with Crippen molar-refractivity contribution in [2.45, 2.75) is 12.8 Å². The minimum atomic E-state index is 0.710. The zero-order valence-electron chi connectivity index (χ0n) is 9.85. The number of para-hydroxylation sites is 1. The van der Waals surface area contributed by atoms with Crippen molar-refractivity contribution in [1.82, 2.24) is 4.98 Å².